The van der Waals surface area contributed by atoms with E-state index >= 15 is 4.39 Å². The lowest BCUT2D eigenvalue weighted by Gasteiger charge is -2.33. The van der Waals surface area contributed by atoms with Crippen molar-refractivity contribution in [1.29, 1.82) is 0 Å². The highest BCUT2D eigenvalue weighted by Crippen LogP contribution is 2.29. The first-order valence-corrected chi connectivity index (χ1v) is 10.9. The van der Waals surface area contributed by atoms with Crippen molar-refractivity contribution < 1.29 is 18.7 Å². The Morgan fingerprint density at radius 1 is 1.18 bits per heavy atom. The summed E-state index contributed by atoms with van der Waals surface area (Å²) in [6.07, 6.45) is 1.40. The fourth-order valence-corrected chi connectivity index (χ4v) is 3.98. The van der Waals surface area contributed by atoms with Crippen molar-refractivity contribution in [2.45, 2.75) is 13.8 Å². The fraction of sp³-hybridized carbons (Fsp3) is 0.375. The highest BCUT2D eigenvalue weighted by molar-refractivity contribution is 5.94. The zero-order chi connectivity index (χ0) is 23.7. The number of methoxy groups -OCH3 is 1. The number of fused-ring (bicyclic) bond motifs is 1. The Morgan fingerprint density at radius 3 is 2.58 bits per heavy atom. The van der Waals surface area contributed by atoms with Gasteiger partial charge in [0.15, 0.2) is 17.3 Å². The van der Waals surface area contributed by atoms with Crippen LogP contribution in [0.3, 0.4) is 0 Å². The number of hydrogen-bond donors (Lipinski definition) is 0. The molecule has 2 aromatic heterocycles. The standard InChI is InChI=1S/C24H27FN4O4/c1-5-33-24(31)17-14-29(19-7-6-15(2)12-20(19)32-4)22-16(21(17)30)13-18(25)23(26-22)28-10-8-27(3)9-11-28/h6-7,12-14H,5,8-11H2,1-4H3. The molecule has 0 bridgehead atoms. The van der Waals surface area contributed by atoms with Crippen LogP contribution in [0.5, 0.6) is 5.75 Å². The summed E-state index contributed by atoms with van der Waals surface area (Å²) in [5.41, 5.74) is 0.971. The van der Waals surface area contributed by atoms with Gasteiger partial charge in [0.25, 0.3) is 0 Å². The van der Waals surface area contributed by atoms with Gasteiger partial charge in [-0.3, -0.25) is 9.36 Å². The van der Waals surface area contributed by atoms with Gasteiger partial charge in [-0.05, 0) is 44.7 Å². The van der Waals surface area contributed by atoms with Gasteiger partial charge in [0.05, 0.1) is 24.8 Å². The molecule has 0 saturated carbocycles. The number of carbonyl (C=O) groups is 1. The molecule has 4 rings (SSSR count). The van der Waals surface area contributed by atoms with Crippen LogP contribution in [-0.4, -0.2) is 67.4 Å². The number of hydrogen-bond acceptors (Lipinski definition) is 7. The molecule has 8 nitrogen and oxygen atoms in total. The Balaban J connectivity index is 2.00. The number of ether oxygens (including phenoxy) is 2. The average Bonchev–Trinajstić information content (AvgIpc) is 2.80. The first kappa shape index (κ1) is 22.7. The number of aromatic nitrogens is 2. The molecular weight excluding hydrogens is 427 g/mol. The second-order valence-electron chi connectivity index (χ2n) is 8.09. The SMILES string of the molecule is CCOC(=O)c1cn(-c2ccc(C)cc2OC)c2nc(N3CCN(C)CC3)c(F)cc2c1=O. The van der Waals surface area contributed by atoms with Crippen molar-refractivity contribution in [1.82, 2.24) is 14.5 Å². The Labute approximate surface area is 191 Å². The van der Waals surface area contributed by atoms with Gasteiger partial charge in [-0.2, -0.15) is 0 Å². The lowest BCUT2D eigenvalue weighted by Crippen LogP contribution is -2.45. The van der Waals surface area contributed by atoms with Crippen molar-refractivity contribution >= 4 is 22.8 Å². The minimum Gasteiger partial charge on any atom is -0.495 e. The van der Waals surface area contributed by atoms with Crippen LogP contribution < -0.4 is 15.1 Å². The van der Waals surface area contributed by atoms with E-state index in [-0.39, 0.29) is 29.0 Å². The summed E-state index contributed by atoms with van der Waals surface area (Å²) in [4.78, 5) is 34.3. The highest BCUT2D eigenvalue weighted by atomic mass is 19.1. The van der Waals surface area contributed by atoms with E-state index in [1.807, 2.05) is 37.1 Å². The van der Waals surface area contributed by atoms with Gasteiger partial charge in [-0.25, -0.2) is 14.2 Å². The average molecular weight is 455 g/mol. The van der Waals surface area contributed by atoms with E-state index < -0.39 is 17.2 Å². The maximum absolute atomic E-state index is 15.2. The van der Waals surface area contributed by atoms with E-state index in [1.54, 1.807) is 11.5 Å². The molecule has 0 N–H and O–H groups in total. The predicted molar refractivity (Wildman–Crippen MR) is 124 cm³/mol. The summed E-state index contributed by atoms with van der Waals surface area (Å²) in [5.74, 6) is -0.666. The molecule has 174 valence electrons. The summed E-state index contributed by atoms with van der Waals surface area (Å²) < 4.78 is 27.4. The van der Waals surface area contributed by atoms with Crippen LogP contribution in [0.25, 0.3) is 16.7 Å². The molecule has 0 atom stereocenters. The van der Waals surface area contributed by atoms with Gasteiger partial charge in [0.2, 0.25) is 5.43 Å². The maximum atomic E-state index is 15.2. The Morgan fingerprint density at radius 2 is 1.91 bits per heavy atom. The predicted octanol–water partition coefficient (Wildman–Crippen LogP) is 2.77. The first-order chi connectivity index (χ1) is 15.8. The van der Waals surface area contributed by atoms with Crippen molar-refractivity contribution in [2.24, 2.45) is 0 Å². The number of carbonyl (C=O) groups excluding carboxylic acids is 1. The van der Waals surface area contributed by atoms with Crippen LogP contribution in [0.15, 0.2) is 35.3 Å². The number of anilines is 1. The second kappa shape index (κ2) is 9.19. The van der Waals surface area contributed by atoms with Crippen molar-refractivity contribution in [3.63, 3.8) is 0 Å². The second-order valence-corrected chi connectivity index (χ2v) is 8.09. The molecule has 0 unspecified atom stereocenters. The molecule has 3 aromatic rings. The molecule has 0 aliphatic carbocycles. The van der Waals surface area contributed by atoms with Crippen LogP contribution in [-0.2, 0) is 4.74 Å². The third kappa shape index (κ3) is 4.28. The summed E-state index contributed by atoms with van der Waals surface area (Å²) in [5, 5.41) is -0.00133. The van der Waals surface area contributed by atoms with Gasteiger partial charge < -0.3 is 19.3 Å². The smallest absolute Gasteiger partial charge is 0.343 e. The van der Waals surface area contributed by atoms with E-state index in [9.17, 15) is 9.59 Å². The molecule has 1 saturated heterocycles. The van der Waals surface area contributed by atoms with Crippen LogP contribution in [0.4, 0.5) is 10.2 Å². The number of halogens is 1. The summed E-state index contributed by atoms with van der Waals surface area (Å²) in [6.45, 7) is 6.48. The minimum absolute atomic E-state index is 0.00133. The lowest BCUT2D eigenvalue weighted by atomic mass is 10.1. The molecule has 1 aliphatic rings. The summed E-state index contributed by atoms with van der Waals surface area (Å²) in [6, 6.07) is 6.71. The number of esters is 1. The van der Waals surface area contributed by atoms with Crippen LogP contribution in [0.1, 0.15) is 22.8 Å². The Bertz CT molecular complexity index is 1270. The molecular formula is C24H27FN4O4. The zero-order valence-electron chi connectivity index (χ0n) is 19.2. The first-order valence-electron chi connectivity index (χ1n) is 10.9. The number of benzene rings is 1. The monoisotopic (exact) mass is 454 g/mol. The maximum Gasteiger partial charge on any atom is 0.343 e. The van der Waals surface area contributed by atoms with Gasteiger partial charge in [0, 0.05) is 32.4 Å². The quantitative estimate of drug-likeness (QED) is 0.549. The summed E-state index contributed by atoms with van der Waals surface area (Å²) in [7, 11) is 3.55. The van der Waals surface area contributed by atoms with Gasteiger partial charge in [-0.1, -0.05) is 6.07 Å². The van der Waals surface area contributed by atoms with Crippen molar-refractivity contribution in [3.05, 3.63) is 57.6 Å². The molecule has 1 aliphatic heterocycles. The van der Waals surface area contributed by atoms with Gasteiger partial charge in [0.1, 0.15) is 11.3 Å². The molecule has 0 amide bonds. The summed E-state index contributed by atoms with van der Waals surface area (Å²) >= 11 is 0. The van der Waals surface area contributed by atoms with Crippen LogP contribution in [0.2, 0.25) is 0 Å². The van der Waals surface area contributed by atoms with Gasteiger partial charge >= 0.3 is 5.97 Å². The molecule has 9 heteroatoms. The van der Waals surface area contributed by atoms with E-state index in [0.717, 1.165) is 24.7 Å². The number of nitrogens with zero attached hydrogens (tertiary/aromatic N) is 4. The topological polar surface area (TPSA) is 76.9 Å². The number of aryl methyl sites for hydroxylation is 1. The number of likely N-dealkylation sites (N-methyl/N-ethyl adjacent to an activating group) is 1. The highest BCUT2D eigenvalue weighted by Gasteiger charge is 2.24. The van der Waals surface area contributed by atoms with E-state index in [1.165, 1.54) is 13.3 Å². The fourth-order valence-electron chi connectivity index (χ4n) is 3.98. The molecule has 0 radical (unpaired) electrons. The number of pyridine rings is 2. The Kier molecular flexibility index (Phi) is 6.33. The lowest BCUT2D eigenvalue weighted by molar-refractivity contribution is 0.0524. The van der Waals surface area contributed by atoms with Crippen molar-refractivity contribution in [3.8, 4) is 11.4 Å². The van der Waals surface area contributed by atoms with E-state index in [4.69, 9.17) is 9.47 Å². The molecule has 3 heterocycles. The molecule has 1 aromatic carbocycles. The van der Waals surface area contributed by atoms with E-state index in [0.29, 0.717) is 24.5 Å². The zero-order valence-corrected chi connectivity index (χ0v) is 19.2. The normalized spacial score (nSPS) is 14.5. The number of piperazine rings is 1. The largest absolute Gasteiger partial charge is 0.495 e. The van der Waals surface area contributed by atoms with Crippen LogP contribution >= 0.6 is 0 Å². The molecule has 33 heavy (non-hydrogen) atoms. The van der Waals surface area contributed by atoms with Crippen LogP contribution in [0, 0.1) is 12.7 Å². The molecule has 1 fully saturated rings. The minimum atomic E-state index is -0.771. The van der Waals surface area contributed by atoms with Gasteiger partial charge in [-0.15, -0.1) is 0 Å². The third-order valence-electron chi connectivity index (χ3n) is 5.81. The van der Waals surface area contributed by atoms with E-state index in [2.05, 4.69) is 9.88 Å². The third-order valence-corrected chi connectivity index (χ3v) is 5.81. The van der Waals surface area contributed by atoms with Crippen molar-refractivity contribution in [2.75, 3.05) is 51.8 Å². The molecule has 0 spiro atoms. The Hall–Kier alpha value is -3.46. The number of rotatable bonds is 5.